The first-order valence-electron chi connectivity index (χ1n) is 12.3. The topological polar surface area (TPSA) is 86.0 Å². The monoisotopic (exact) mass is 497 g/mol. The molecule has 0 saturated carbocycles. The van der Waals surface area contributed by atoms with E-state index in [2.05, 4.69) is 0 Å². The Balaban J connectivity index is 1.29. The van der Waals surface area contributed by atoms with Crippen LogP contribution in [-0.4, -0.2) is 29.5 Å². The van der Waals surface area contributed by atoms with Gasteiger partial charge in [-0.05, 0) is 48.6 Å². The minimum Gasteiger partial charge on any atom is -0.445 e. The van der Waals surface area contributed by atoms with Gasteiger partial charge in [0.2, 0.25) is 0 Å². The SMILES string of the molecule is Cc1c(Cc2ccccc2)c(=O)oc2cc(OC(=O)C3CCCN3C(=O)OCc3ccccc3)ccc12. The first-order chi connectivity index (χ1) is 18.0. The lowest BCUT2D eigenvalue weighted by atomic mass is 10.00. The largest absolute Gasteiger partial charge is 0.445 e. The van der Waals surface area contributed by atoms with Crippen LogP contribution in [0.1, 0.15) is 35.1 Å². The van der Waals surface area contributed by atoms with Crippen molar-refractivity contribution in [1.29, 1.82) is 0 Å². The van der Waals surface area contributed by atoms with Crippen LogP contribution in [0.3, 0.4) is 0 Å². The predicted molar refractivity (Wildman–Crippen MR) is 138 cm³/mol. The number of amides is 1. The molecule has 1 aromatic heterocycles. The smallest absolute Gasteiger partial charge is 0.410 e. The lowest BCUT2D eigenvalue weighted by Gasteiger charge is -2.22. The summed E-state index contributed by atoms with van der Waals surface area (Å²) in [5.74, 6) is -0.298. The second-order valence-corrected chi connectivity index (χ2v) is 9.13. The maximum absolute atomic E-state index is 13.0. The van der Waals surface area contributed by atoms with Crippen LogP contribution in [0.25, 0.3) is 11.0 Å². The van der Waals surface area contributed by atoms with E-state index in [0.717, 1.165) is 22.1 Å². The van der Waals surface area contributed by atoms with Crippen molar-refractivity contribution in [3.05, 3.63) is 112 Å². The molecule has 1 amide bonds. The fourth-order valence-corrected chi connectivity index (χ4v) is 4.66. The Morgan fingerprint density at radius 1 is 0.973 bits per heavy atom. The standard InChI is InChI=1S/C30H27NO6/c1-20-24-15-14-23(18-27(24)37-28(32)25(20)17-21-9-4-2-5-10-21)36-29(33)26-13-8-16-31(26)30(34)35-19-22-11-6-3-7-12-22/h2-7,9-12,14-15,18,26H,8,13,16-17,19H2,1H3. The molecule has 0 spiro atoms. The first kappa shape index (κ1) is 24.3. The molecule has 1 unspecified atom stereocenters. The highest BCUT2D eigenvalue weighted by Gasteiger charge is 2.36. The lowest BCUT2D eigenvalue weighted by Crippen LogP contribution is -2.42. The minimum absolute atomic E-state index is 0.132. The highest BCUT2D eigenvalue weighted by molar-refractivity contribution is 5.86. The van der Waals surface area contributed by atoms with Crippen LogP contribution in [0, 0.1) is 6.92 Å². The van der Waals surface area contributed by atoms with Gasteiger partial charge in [-0.15, -0.1) is 0 Å². The number of nitrogens with zero attached hydrogens (tertiary/aromatic N) is 1. The second-order valence-electron chi connectivity index (χ2n) is 9.13. The zero-order valence-electron chi connectivity index (χ0n) is 20.5. The molecule has 0 N–H and O–H groups in total. The number of rotatable bonds is 6. The van der Waals surface area contributed by atoms with Gasteiger partial charge in [-0.2, -0.15) is 0 Å². The predicted octanol–water partition coefficient (Wildman–Crippen LogP) is 5.40. The number of fused-ring (bicyclic) bond motifs is 1. The van der Waals surface area contributed by atoms with Gasteiger partial charge in [-0.25, -0.2) is 14.4 Å². The number of hydrogen-bond donors (Lipinski definition) is 0. The van der Waals surface area contributed by atoms with Crippen molar-refractivity contribution < 1.29 is 23.5 Å². The second kappa shape index (κ2) is 10.7. The number of carbonyl (C=O) groups excluding carboxylic acids is 2. The maximum Gasteiger partial charge on any atom is 0.410 e. The molecule has 1 aliphatic heterocycles. The van der Waals surface area contributed by atoms with Gasteiger partial charge in [0.05, 0.1) is 0 Å². The summed E-state index contributed by atoms with van der Waals surface area (Å²) >= 11 is 0. The van der Waals surface area contributed by atoms with Crippen LogP contribution in [0.15, 0.2) is 88.1 Å². The van der Waals surface area contributed by atoms with Crippen molar-refractivity contribution in [1.82, 2.24) is 4.90 Å². The third-order valence-electron chi connectivity index (χ3n) is 6.67. The molecule has 188 valence electrons. The van der Waals surface area contributed by atoms with Crippen LogP contribution in [-0.2, 0) is 22.6 Å². The van der Waals surface area contributed by atoms with E-state index in [1.165, 1.54) is 4.90 Å². The Hall–Kier alpha value is -4.39. The summed E-state index contributed by atoms with van der Waals surface area (Å²) in [4.78, 5) is 39.8. The van der Waals surface area contributed by atoms with Gasteiger partial charge < -0.3 is 13.9 Å². The van der Waals surface area contributed by atoms with E-state index < -0.39 is 23.7 Å². The quantitative estimate of drug-likeness (QED) is 0.201. The molecule has 7 heteroatoms. The zero-order chi connectivity index (χ0) is 25.8. The van der Waals surface area contributed by atoms with Gasteiger partial charge in [-0.3, -0.25) is 4.90 Å². The van der Waals surface area contributed by atoms with E-state index in [0.29, 0.717) is 37.0 Å². The molecule has 1 saturated heterocycles. The van der Waals surface area contributed by atoms with E-state index in [-0.39, 0.29) is 12.4 Å². The van der Waals surface area contributed by atoms with Crippen molar-refractivity contribution >= 4 is 23.0 Å². The third kappa shape index (κ3) is 5.40. The molecule has 0 aliphatic carbocycles. The number of ether oxygens (including phenoxy) is 2. The Morgan fingerprint density at radius 3 is 2.41 bits per heavy atom. The molecular weight excluding hydrogens is 470 g/mol. The van der Waals surface area contributed by atoms with E-state index >= 15 is 0 Å². The van der Waals surface area contributed by atoms with Gasteiger partial charge in [0.15, 0.2) is 0 Å². The molecule has 0 radical (unpaired) electrons. The summed E-state index contributed by atoms with van der Waals surface area (Å²) in [6.07, 6.45) is 1.09. The number of hydrogen-bond acceptors (Lipinski definition) is 6. The molecule has 2 heterocycles. The Kier molecular flexibility index (Phi) is 7.03. The minimum atomic E-state index is -0.735. The number of aryl methyl sites for hydroxylation is 1. The maximum atomic E-state index is 13.0. The highest BCUT2D eigenvalue weighted by Crippen LogP contribution is 2.27. The number of carbonyl (C=O) groups is 2. The molecule has 3 aromatic carbocycles. The summed E-state index contributed by atoms with van der Waals surface area (Å²) in [6, 6.07) is 23.4. The van der Waals surface area contributed by atoms with Crippen LogP contribution in [0.5, 0.6) is 5.75 Å². The van der Waals surface area contributed by atoms with E-state index in [1.807, 2.05) is 67.6 Å². The first-order valence-corrected chi connectivity index (χ1v) is 12.3. The number of likely N-dealkylation sites (tertiary alicyclic amines) is 1. The van der Waals surface area contributed by atoms with Crippen LogP contribution >= 0.6 is 0 Å². The molecule has 1 aliphatic rings. The van der Waals surface area contributed by atoms with Gasteiger partial charge >= 0.3 is 17.7 Å². The van der Waals surface area contributed by atoms with Gasteiger partial charge in [0.25, 0.3) is 0 Å². The number of benzene rings is 3. The van der Waals surface area contributed by atoms with Gasteiger partial charge in [0, 0.05) is 30.0 Å². The van der Waals surface area contributed by atoms with Crippen molar-refractivity contribution in [3.63, 3.8) is 0 Å². The molecule has 5 rings (SSSR count). The summed E-state index contributed by atoms with van der Waals surface area (Å²) in [5.41, 5.74) is 3.24. The zero-order valence-corrected chi connectivity index (χ0v) is 20.5. The van der Waals surface area contributed by atoms with Crippen LogP contribution in [0.2, 0.25) is 0 Å². The molecule has 7 nitrogen and oxygen atoms in total. The fraction of sp³-hybridized carbons (Fsp3) is 0.233. The highest BCUT2D eigenvalue weighted by atomic mass is 16.6. The average Bonchev–Trinajstić information content (AvgIpc) is 3.41. The summed E-state index contributed by atoms with van der Waals surface area (Å²) in [7, 11) is 0. The summed E-state index contributed by atoms with van der Waals surface area (Å²) < 4.78 is 16.6. The number of esters is 1. The fourth-order valence-electron chi connectivity index (χ4n) is 4.66. The van der Waals surface area contributed by atoms with Crippen LogP contribution in [0.4, 0.5) is 4.79 Å². The Morgan fingerprint density at radius 2 is 1.68 bits per heavy atom. The summed E-state index contributed by atoms with van der Waals surface area (Å²) in [5, 5.41) is 0.775. The van der Waals surface area contributed by atoms with Gasteiger partial charge in [0.1, 0.15) is 24.0 Å². The van der Waals surface area contributed by atoms with Crippen molar-refractivity contribution in [2.75, 3.05) is 6.54 Å². The Labute approximate surface area is 214 Å². The Bertz CT molecular complexity index is 1480. The van der Waals surface area contributed by atoms with E-state index in [1.54, 1.807) is 18.2 Å². The molecule has 4 aromatic rings. The molecule has 37 heavy (non-hydrogen) atoms. The van der Waals surface area contributed by atoms with Crippen LogP contribution < -0.4 is 10.4 Å². The third-order valence-corrected chi connectivity index (χ3v) is 6.67. The van der Waals surface area contributed by atoms with Gasteiger partial charge in [-0.1, -0.05) is 60.7 Å². The lowest BCUT2D eigenvalue weighted by molar-refractivity contribution is -0.139. The van der Waals surface area contributed by atoms with E-state index in [9.17, 15) is 14.4 Å². The molecule has 1 fully saturated rings. The molecule has 1 atom stereocenters. The molecule has 0 bridgehead atoms. The van der Waals surface area contributed by atoms with Crippen molar-refractivity contribution in [2.24, 2.45) is 0 Å². The van der Waals surface area contributed by atoms with E-state index in [4.69, 9.17) is 13.9 Å². The average molecular weight is 498 g/mol. The van der Waals surface area contributed by atoms with Crippen molar-refractivity contribution in [2.45, 2.75) is 38.8 Å². The van der Waals surface area contributed by atoms with Crippen molar-refractivity contribution in [3.8, 4) is 5.75 Å². The normalized spacial score (nSPS) is 15.1. The summed E-state index contributed by atoms with van der Waals surface area (Å²) in [6.45, 7) is 2.44. The molecular formula is C30H27NO6.